The SMILES string of the molecule is CCOCCCC(=O)N1CCN(C(C)C(N)=S)CC1. The summed E-state index contributed by atoms with van der Waals surface area (Å²) in [5.74, 6) is 0.224. The molecule has 1 unspecified atom stereocenters. The molecule has 19 heavy (non-hydrogen) atoms. The summed E-state index contributed by atoms with van der Waals surface area (Å²) in [6, 6.07) is 0.116. The number of nitrogens with two attached hydrogens (primary N) is 1. The Morgan fingerprint density at radius 1 is 1.37 bits per heavy atom. The lowest BCUT2D eigenvalue weighted by Gasteiger charge is -2.37. The van der Waals surface area contributed by atoms with E-state index in [0.29, 0.717) is 24.6 Å². The van der Waals surface area contributed by atoms with Gasteiger partial charge in [0.05, 0.1) is 11.0 Å². The van der Waals surface area contributed by atoms with Crippen LogP contribution in [0.25, 0.3) is 0 Å². The summed E-state index contributed by atoms with van der Waals surface area (Å²) in [4.78, 5) is 16.7. The van der Waals surface area contributed by atoms with Crippen molar-refractivity contribution in [3.63, 3.8) is 0 Å². The molecule has 1 atom stereocenters. The standard InChI is InChI=1S/C13H25N3O2S/c1-3-18-10-4-5-12(17)16-8-6-15(7-9-16)11(2)13(14)19/h11H,3-10H2,1-2H3,(H2,14,19). The van der Waals surface area contributed by atoms with Gasteiger partial charge in [-0.05, 0) is 20.3 Å². The summed E-state index contributed by atoms with van der Waals surface area (Å²) in [7, 11) is 0. The average Bonchev–Trinajstić information content (AvgIpc) is 2.42. The number of carbonyl (C=O) groups is 1. The lowest BCUT2D eigenvalue weighted by atomic mass is 10.2. The molecule has 0 bridgehead atoms. The normalized spacial score (nSPS) is 18.3. The van der Waals surface area contributed by atoms with Crippen LogP contribution in [0.3, 0.4) is 0 Å². The molecule has 1 fully saturated rings. The molecule has 5 nitrogen and oxygen atoms in total. The molecule has 0 aliphatic carbocycles. The van der Waals surface area contributed by atoms with Crippen LogP contribution in [0, 0.1) is 0 Å². The second kappa shape index (κ2) is 8.45. The molecule has 1 heterocycles. The van der Waals surface area contributed by atoms with E-state index in [-0.39, 0.29) is 11.9 Å². The topological polar surface area (TPSA) is 58.8 Å². The van der Waals surface area contributed by atoms with Crippen LogP contribution in [0.2, 0.25) is 0 Å². The van der Waals surface area contributed by atoms with Gasteiger partial charge in [-0.3, -0.25) is 9.69 Å². The first kappa shape index (κ1) is 16.3. The van der Waals surface area contributed by atoms with Gasteiger partial charge in [0.2, 0.25) is 5.91 Å². The predicted octanol–water partition coefficient (Wildman–Crippen LogP) is 0.622. The number of nitrogens with zero attached hydrogens (tertiary/aromatic N) is 2. The van der Waals surface area contributed by atoms with Gasteiger partial charge in [0.25, 0.3) is 0 Å². The second-order valence-electron chi connectivity index (χ2n) is 4.80. The van der Waals surface area contributed by atoms with Crippen LogP contribution in [0.5, 0.6) is 0 Å². The van der Waals surface area contributed by atoms with Crippen molar-refractivity contribution in [3.05, 3.63) is 0 Å². The first-order chi connectivity index (χ1) is 9.06. The number of carbonyl (C=O) groups excluding carboxylic acids is 1. The van der Waals surface area contributed by atoms with Crippen LogP contribution in [-0.2, 0) is 9.53 Å². The number of hydrogen-bond acceptors (Lipinski definition) is 4. The van der Waals surface area contributed by atoms with Gasteiger partial charge in [-0.25, -0.2) is 0 Å². The van der Waals surface area contributed by atoms with E-state index < -0.39 is 0 Å². The zero-order chi connectivity index (χ0) is 14.3. The molecule has 2 N–H and O–H groups in total. The van der Waals surface area contributed by atoms with Gasteiger partial charge in [0.1, 0.15) is 0 Å². The Morgan fingerprint density at radius 3 is 2.53 bits per heavy atom. The molecule has 0 aromatic heterocycles. The largest absolute Gasteiger partial charge is 0.392 e. The molecule has 0 spiro atoms. The molecule has 1 amide bonds. The fourth-order valence-electron chi connectivity index (χ4n) is 2.17. The molecule has 0 aromatic carbocycles. The minimum atomic E-state index is 0.116. The van der Waals surface area contributed by atoms with Gasteiger partial charge < -0.3 is 15.4 Å². The lowest BCUT2D eigenvalue weighted by molar-refractivity contribution is -0.133. The maximum Gasteiger partial charge on any atom is 0.222 e. The summed E-state index contributed by atoms with van der Waals surface area (Å²) in [5, 5.41) is 0. The highest BCUT2D eigenvalue weighted by molar-refractivity contribution is 7.80. The van der Waals surface area contributed by atoms with Crippen molar-refractivity contribution in [2.45, 2.75) is 32.7 Å². The number of hydrogen-bond donors (Lipinski definition) is 1. The highest BCUT2D eigenvalue weighted by Crippen LogP contribution is 2.08. The molecule has 6 heteroatoms. The van der Waals surface area contributed by atoms with E-state index in [1.54, 1.807) is 0 Å². The molecule has 0 saturated carbocycles. The van der Waals surface area contributed by atoms with Crippen LogP contribution in [0.15, 0.2) is 0 Å². The van der Waals surface area contributed by atoms with Crippen LogP contribution in [0.1, 0.15) is 26.7 Å². The fraction of sp³-hybridized carbons (Fsp3) is 0.846. The van der Waals surface area contributed by atoms with Crippen molar-refractivity contribution < 1.29 is 9.53 Å². The van der Waals surface area contributed by atoms with Crippen molar-refractivity contribution in [1.29, 1.82) is 0 Å². The zero-order valence-corrected chi connectivity index (χ0v) is 12.7. The average molecular weight is 287 g/mol. The van der Waals surface area contributed by atoms with E-state index in [9.17, 15) is 4.79 Å². The molecule has 1 aliphatic heterocycles. The predicted molar refractivity (Wildman–Crippen MR) is 80.1 cm³/mol. The van der Waals surface area contributed by atoms with Crippen molar-refractivity contribution in [2.75, 3.05) is 39.4 Å². The molecular weight excluding hydrogens is 262 g/mol. The maximum atomic E-state index is 12.0. The van der Waals surface area contributed by atoms with Gasteiger partial charge in [0, 0.05) is 45.8 Å². The Balaban J connectivity index is 2.25. The number of ether oxygens (including phenoxy) is 1. The van der Waals surface area contributed by atoms with E-state index in [2.05, 4.69) is 4.90 Å². The minimum Gasteiger partial charge on any atom is -0.392 e. The number of thiocarbonyl (C=S) groups is 1. The molecular formula is C13H25N3O2S. The lowest BCUT2D eigenvalue weighted by Crippen LogP contribution is -2.53. The van der Waals surface area contributed by atoms with Crippen molar-refractivity contribution in [3.8, 4) is 0 Å². The van der Waals surface area contributed by atoms with Gasteiger partial charge in [-0.15, -0.1) is 0 Å². The van der Waals surface area contributed by atoms with Crippen molar-refractivity contribution in [2.24, 2.45) is 5.73 Å². The Labute approximate surface area is 121 Å². The van der Waals surface area contributed by atoms with Crippen LogP contribution >= 0.6 is 12.2 Å². The van der Waals surface area contributed by atoms with E-state index >= 15 is 0 Å². The third-order valence-electron chi connectivity index (χ3n) is 3.51. The van der Waals surface area contributed by atoms with Gasteiger partial charge in [0.15, 0.2) is 0 Å². The third-order valence-corrected chi connectivity index (χ3v) is 3.85. The Bertz CT molecular complexity index is 304. The van der Waals surface area contributed by atoms with E-state index in [1.165, 1.54) is 0 Å². The molecule has 0 aromatic rings. The first-order valence-corrected chi connectivity index (χ1v) is 7.36. The van der Waals surface area contributed by atoms with E-state index in [4.69, 9.17) is 22.7 Å². The van der Waals surface area contributed by atoms with Crippen LogP contribution in [0.4, 0.5) is 0 Å². The minimum absolute atomic E-state index is 0.116. The molecule has 0 radical (unpaired) electrons. The number of amides is 1. The smallest absolute Gasteiger partial charge is 0.222 e. The van der Waals surface area contributed by atoms with Crippen molar-refractivity contribution in [1.82, 2.24) is 9.80 Å². The highest BCUT2D eigenvalue weighted by Gasteiger charge is 2.24. The summed E-state index contributed by atoms with van der Waals surface area (Å²) in [5.41, 5.74) is 5.65. The molecule has 1 saturated heterocycles. The van der Waals surface area contributed by atoms with Crippen LogP contribution in [-0.4, -0.2) is 66.1 Å². The third kappa shape index (κ3) is 5.42. The fourth-order valence-corrected chi connectivity index (χ4v) is 2.32. The Morgan fingerprint density at radius 2 is 2.00 bits per heavy atom. The molecule has 1 rings (SSSR count). The first-order valence-electron chi connectivity index (χ1n) is 6.95. The molecule has 110 valence electrons. The van der Waals surface area contributed by atoms with E-state index in [1.807, 2.05) is 18.7 Å². The van der Waals surface area contributed by atoms with E-state index in [0.717, 1.165) is 32.6 Å². The van der Waals surface area contributed by atoms with Gasteiger partial charge in [-0.2, -0.15) is 0 Å². The quantitative estimate of drug-likeness (QED) is 0.549. The summed E-state index contributed by atoms with van der Waals surface area (Å²) < 4.78 is 5.24. The zero-order valence-electron chi connectivity index (χ0n) is 11.9. The van der Waals surface area contributed by atoms with Gasteiger partial charge in [-0.1, -0.05) is 12.2 Å². The summed E-state index contributed by atoms with van der Waals surface area (Å²) in [6.07, 6.45) is 1.38. The monoisotopic (exact) mass is 287 g/mol. The Kier molecular flexibility index (Phi) is 7.27. The molecule has 1 aliphatic rings. The maximum absolute atomic E-state index is 12.0. The van der Waals surface area contributed by atoms with Crippen molar-refractivity contribution >= 4 is 23.1 Å². The summed E-state index contributed by atoms with van der Waals surface area (Å²) >= 11 is 5.00. The number of rotatable bonds is 7. The summed E-state index contributed by atoms with van der Waals surface area (Å²) in [6.45, 7) is 8.57. The number of piperazine rings is 1. The second-order valence-corrected chi connectivity index (χ2v) is 5.27. The van der Waals surface area contributed by atoms with Gasteiger partial charge >= 0.3 is 0 Å². The Hall–Kier alpha value is -0.720. The highest BCUT2D eigenvalue weighted by atomic mass is 32.1. The van der Waals surface area contributed by atoms with Crippen LogP contribution < -0.4 is 5.73 Å².